The minimum atomic E-state index is 1.03. The van der Waals surface area contributed by atoms with E-state index in [2.05, 4.69) is 60.6 Å². The van der Waals surface area contributed by atoms with Crippen LogP contribution in [0, 0.1) is 0 Å². The number of allylic oxidation sites excluding steroid dienone is 1. The van der Waals surface area contributed by atoms with Crippen molar-refractivity contribution in [1.29, 1.82) is 0 Å². The summed E-state index contributed by atoms with van der Waals surface area (Å²) in [4.78, 5) is 4.22. The Morgan fingerprint density at radius 2 is 1.68 bits per heavy atom. The highest BCUT2D eigenvalue weighted by Crippen LogP contribution is 2.33. The van der Waals surface area contributed by atoms with Gasteiger partial charge in [-0.15, -0.1) is 0 Å². The molecular weight excluding hydrogens is 266 g/mol. The first-order chi connectivity index (χ1) is 10.8. The lowest BCUT2D eigenvalue weighted by Gasteiger charge is -2.05. The predicted octanol–water partition coefficient (Wildman–Crippen LogP) is 3.52. The molecule has 22 heavy (non-hydrogen) atoms. The third-order valence-electron chi connectivity index (χ3n) is 4.20. The highest BCUT2D eigenvalue weighted by atomic mass is 14.6. The highest BCUT2D eigenvalue weighted by molar-refractivity contribution is 5.94. The summed E-state index contributed by atoms with van der Waals surface area (Å²) < 4.78 is 0. The topological polar surface area (TPSA) is 12.9 Å². The molecule has 0 atom stereocenters. The van der Waals surface area contributed by atoms with Crippen LogP contribution in [0.2, 0.25) is 0 Å². The smallest absolute Gasteiger partial charge is 0.0346 e. The Labute approximate surface area is 129 Å². The molecule has 0 amide bonds. The van der Waals surface area contributed by atoms with Gasteiger partial charge in [-0.1, -0.05) is 49.6 Å². The van der Waals surface area contributed by atoms with Gasteiger partial charge in [0, 0.05) is 18.0 Å². The van der Waals surface area contributed by atoms with Crippen LogP contribution in [-0.4, -0.2) is 4.98 Å². The van der Waals surface area contributed by atoms with Gasteiger partial charge in [-0.25, -0.2) is 0 Å². The van der Waals surface area contributed by atoms with Crippen molar-refractivity contribution >= 4 is 12.2 Å². The van der Waals surface area contributed by atoms with Gasteiger partial charge in [0.1, 0.15) is 0 Å². The molecule has 0 saturated heterocycles. The maximum absolute atomic E-state index is 4.27. The van der Waals surface area contributed by atoms with Crippen LogP contribution in [0.4, 0.5) is 0 Å². The molecule has 0 radical (unpaired) electrons. The van der Waals surface area contributed by atoms with E-state index in [0.717, 1.165) is 16.3 Å². The lowest BCUT2D eigenvalue weighted by Crippen LogP contribution is -2.25. The Morgan fingerprint density at radius 1 is 0.864 bits per heavy atom. The Kier molecular flexibility index (Phi) is 2.80. The molecule has 3 aromatic rings. The molecule has 1 heteroatoms. The van der Waals surface area contributed by atoms with Crippen LogP contribution < -0.4 is 10.4 Å². The van der Waals surface area contributed by atoms with Crippen molar-refractivity contribution in [3.8, 4) is 22.3 Å². The van der Waals surface area contributed by atoms with E-state index in [0.29, 0.717) is 0 Å². The third kappa shape index (κ3) is 1.76. The largest absolute Gasteiger partial charge is 0.264 e. The molecule has 0 spiro atoms. The van der Waals surface area contributed by atoms with Crippen LogP contribution in [0.1, 0.15) is 5.56 Å². The van der Waals surface area contributed by atoms with Crippen LogP contribution in [0.3, 0.4) is 0 Å². The normalized spacial score (nSPS) is 11.9. The maximum atomic E-state index is 4.27. The monoisotopic (exact) mass is 281 g/mol. The van der Waals surface area contributed by atoms with Crippen LogP contribution in [-0.2, 0) is 0 Å². The number of benzene rings is 2. The summed E-state index contributed by atoms with van der Waals surface area (Å²) in [5.41, 5.74) is 7.16. The summed E-state index contributed by atoms with van der Waals surface area (Å²) in [6, 6.07) is 16.9. The molecule has 1 aliphatic rings. The van der Waals surface area contributed by atoms with Gasteiger partial charge in [0.2, 0.25) is 0 Å². The first-order valence-corrected chi connectivity index (χ1v) is 7.29. The summed E-state index contributed by atoms with van der Waals surface area (Å²) in [5, 5.41) is 2.23. The zero-order valence-electron chi connectivity index (χ0n) is 12.2. The van der Waals surface area contributed by atoms with Crippen LogP contribution in [0.25, 0.3) is 34.4 Å². The quantitative estimate of drug-likeness (QED) is 0.700. The highest BCUT2D eigenvalue weighted by Gasteiger charge is 2.18. The van der Waals surface area contributed by atoms with Crippen LogP contribution >= 0.6 is 0 Å². The van der Waals surface area contributed by atoms with Gasteiger partial charge in [0.15, 0.2) is 0 Å². The number of hydrogen-bond donors (Lipinski definition) is 0. The molecule has 0 unspecified atom stereocenters. The standard InChI is InChI=1S/C21H15N/c1-3-17-18-8-4-5-9-19(18)20-12-16(11-14(2)21(17)20)15-7-6-10-22-13-15/h3-13H,1-2H2. The fraction of sp³-hybridized carbons (Fsp3) is 0. The van der Waals surface area contributed by atoms with Gasteiger partial charge in [-0.3, -0.25) is 4.98 Å². The Bertz CT molecular complexity index is 998. The molecule has 1 aromatic heterocycles. The van der Waals surface area contributed by atoms with Gasteiger partial charge in [-0.05, 0) is 56.5 Å². The lowest BCUT2D eigenvalue weighted by molar-refractivity contribution is 1.33. The number of fused-ring (bicyclic) bond motifs is 3. The summed E-state index contributed by atoms with van der Waals surface area (Å²) in [5.74, 6) is 0. The number of aromatic nitrogens is 1. The van der Waals surface area contributed by atoms with E-state index >= 15 is 0 Å². The Morgan fingerprint density at radius 3 is 2.41 bits per heavy atom. The summed E-state index contributed by atoms with van der Waals surface area (Å²) in [6.07, 6.45) is 5.62. The van der Waals surface area contributed by atoms with E-state index in [1.807, 2.05) is 18.3 Å². The van der Waals surface area contributed by atoms with E-state index in [1.165, 1.54) is 27.5 Å². The molecule has 1 heterocycles. The second-order valence-electron chi connectivity index (χ2n) is 5.46. The molecule has 104 valence electrons. The molecule has 4 rings (SSSR count). The molecule has 0 aliphatic heterocycles. The SMILES string of the molecule is C=CC1=c2c(cc(-c3cccnc3)cc2=C)-c2ccccc21. The maximum Gasteiger partial charge on any atom is 0.0346 e. The van der Waals surface area contributed by atoms with E-state index < -0.39 is 0 Å². The van der Waals surface area contributed by atoms with Gasteiger partial charge in [0.25, 0.3) is 0 Å². The van der Waals surface area contributed by atoms with Crippen LogP contribution in [0.15, 0.2) is 73.6 Å². The van der Waals surface area contributed by atoms with Gasteiger partial charge >= 0.3 is 0 Å². The van der Waals surface area contributed by atoms with Crippen molar-refractivity contribution in [2.75, 3.05) is 0 Å². The van der Waals surface area contributed by atoms with Crippen molar-refractivity contribution in [3.63, 3.8) is 0 Å². The summed E-state index contributed by atoms with van der Waals surface area (Å²) in [6.45, 7) is 8.26. The van der Waals surface area contributed by atoms with Crippen molar-refractivity contribution in [3.05, 3.63) is 89.6 Å². The van der Waals surface area contributed by atoms with Gasteiger partial charge in [-0.2, -0.15) is 0 Å². The molecule has 2 aromatic carbocycles. The van der Waals surface area contributed by atoms with Crippen LogP contribution in [0.5, 0.6) is 0 Å². The number of nitrogens with zero attached hydrogens (tertiary/aromatic N) is 1. The minimum Gasteiger partial charge on any atom is -0.264 e. The van der Waals surface area contributed by atoms with Gasteiger partial charge < -0.3 is 0 Å². The number of rotatable bonds is 2. The summed E-state index contributed by atoms with van der Waals surface area (Å²) >= 11 is 0. The Balaban J connectivity index is 2.09. The minimum absolute atomic E-state index is 1.03. The van der Waals surface area contributed by atoms with Crippen molar-refractivity contribution in [1.82, 2.24) is 4.98 Å². The first kappa shape index (κ1) is 12.8. The van der Waals surface area contributed by atoms with Crippen molar-refractivity contribution in [2.24, 2.45) is 0 Å². The van der Waals surface area contributed by atoms with Gasteiger partial charge in [0.05, 0.1) is 0 Å². The zero-order valence-corrected chi connectivity index (χ0v) is 12.2. The average Bonchev–Trinajstić information content (AvgIpc) is 2.90. The van der Waals surface area contributed by atoms with E-state index in [-0.39, 0.29) is 0 Å². The molecule has 0 N–H and O–H groups in total. The predicted molar refractivity (Wildman–Crippen MR) is 92.6 cm³/mol. The fourth-order valence-corrected chi connectivity index (χ4v) is 3.23. The van der Waals surface area contributed by atoms with Crippen molar-refractivity contribution < 1.29 is 0 Å². The second-order valence-corrected chi connectivity index (χ2v) is 5.46. The average molecular weight is 281 g/mol. The molecule has 1 aliphatic carbocycles. The van der Waals surface area contributed by atoms with E-state index in [9.17, 15) is 0 Å². The molecular formula is C21H15N. The molecule has 0 bridgehead atoms. The molecule has 0 saturated carbocycles. The van der Waals surface area contributed by atoms with Crippen molar-refractivity contribution in [2.45, 2.75) is 0 Å². The lowest BCUT2D eigenvalue weighted by atomic mass is 9.99. The molecule has 0 fully saturated rings. The number of hydrogen-bond acceptors (Lipinski definition) is 1. The Hall–Kier alpha value is -2.93. The first-order valence-electron chi connectivity index (χ1n) is 7.29. The van der Waals surface area contributed by atoms with E-state index in [4.69, 9.17) is 0 Å². The second kappa shape index (κ2) is 4.81. The number of pyridine rings is 1. The summed E-state index contributed by atoms with van der Waals surface area (Å²) in [7, 11) is 0. The van der Waals surface area contributed by atoms with E-state index in [1.54, 1.807) is 6.20 Å². The third-order valence-corrected chi connectivity index (χ3v) is 4.20. The molecule has 1 nitrogen and oxygen atoms in total. The fourth-order valence-electron chi connectivity index (χ4n) is 3.23. The zero-order chi connectivity index (χ0) is 15.1.